The molecule has 2 rings (SSSR count). The molecule has 1 fully saturated rings. The number of benzene rings is 1. The molecule has 1 saturated heterocycles. The summed E-state index contributed by atoms with van der Waals surface area (Å²) in [4.78, 5) is 24.5. The molecular formula is C14H18N2O3S. The predicted molar refractivity (Wildman–Crippen MR) is 78.7 cm³/mol. The van der Waals surface area contributed by atoms with Crippen molar-refractivity contribution in [2.45, 2.75) is 25.4 Å². The minimum atomic E-state index is -0.944. The van der Waals surface area contributed by atoms with Crippen LogP contribution in [0, 0.1) is 0 Å². The van der Waals surface area contributed by atoms with Gasteiger partial charge in [0.1, 0.15) is 6.04 Å². The number of hydrogen-bond acceptors (Lipinski definition) is 3. The van der Waals surface area contributed by atoms with Gasteiger partial charge in [0.15, 0.2) is 0 Å². The van der Waals surface area contributed by atoms with Gasteiger partial charge in [-0.25, -0.2) is 9.59 Å². The molecule has 1 aliphatic heterocycles. The number of carboxylic acid groups (broad SMARTS) is 1. The number of carbonyl (C=O) groups is 2. The van der Waals surface area contributed by atoms with Gasteiger partial charge in [-0.2, -0.15) is 0 Å². The maximum atomic E-state index is 12.1. The van der Waals surface area contributed by atoms with E-state index >= 15 is 0 Å². The molecule has 20 heavy (non-hydrogen) atoms. The fraction of sp³-hybridized carbons (Fsp3) is 0.429. The molecule has 1 aromatic carbocycles. The number of nitrogens with one attached hydrogen (secondary N) is 1. The summed E-state index contributed by atoms with van der Waals surface area (Å²) in [6.45, 7) is 1.92. The van der Waals surface area contributed by atoms with E-state index in [-0.39, 0.29) is 12.1 Å². The fourth-order valence-electron chi connectivity index (χ4n) is 2.16. The molecule has 0 spiro atoms. The van der Waals surface area contributed by atoms with Crippen LogP contribution in [0.5, 0.6) is 0 Å². The zero-order chi connectivity index (χ0) is 14.5. The molecule has 2 atom stereocenters. The number of amides is 2. The lowest BCUT2D eigenvalue weighted by atomic mass is 10.1. The third-order valence-corrected chi connectivity index (χ3v) is 4.20. The Hall–Kier alpha value is -1.69. The number of carboxylic acids is 1. The molecule has 2 N–H and O–H groups in total. The second-order valence-corrected chi connectivity index (χ2v) is 5.86. The van der Waals surface area contributed by atoms with E-state index in [1.807, 2.05) is 37.3 Å². The number of nitrogens with zero attached hydrogens (tertiary/aromatic N) is 1. The molecule has 0 bridgehead atoms. The van der Waals surface area contributed by atoms with E-state index in [1.54, 1.807) is 0 Å². The van der Waals surface area contributed by atoms with E-state index < -0.39 is 12.0 Å². The van der Waals surface area contributed by atoms with E-state index in [2.05, 4.69) is 5.32 Å². The van der Waals surface area contributed by atoms with Gasteiger partial charge in [-0.1, -0.05) is 30.3 Å². The van der Waals surface area contributed by atoms with Crippen molar-refractivity contribution in [2.75, 3.05) is 11.6 Å². The van der Waals surface area contributed by atoms with Gasteiger partial charge in [-0.05, 0) is 18.9 Å². The van der Waals surface area contributed by atoms with Crippen LogP contribution in [0.1, 0.15) is 12.5 Å². The van der Waals surface area contributed by atoms with Gasteiger partial charge in [0.05, 0.1) is 5.88 Å². The zero-order valence-corrected chi connectivity index (χ0v) is 12.1. The highest BCUT2D eigenvalue weighted by molar-refractivity contribution is 7.99. The molecule has 108 valence electrons. The summed E-state index contributed by atoms with van der Waals surface area (Å²) in [5.74, 6) is -0.0581. The molecule has 1 aromatic rings. The summed E-state index contributed by atoms with van der Waals surface area (Å²) >= 11 is 1.46. The quantitative estimate of drug-likeness (QED) is 0.888. The van der Waals surface area contributed by atoms with Crippen LogP contribution in [0.15, 0.2) is 30.3 Å². The highest BCUT2D eigenvalue weighted by Crippen LogP contribution is 2.21. The van der Waals surface area contributed by atoms with Crippen LogP contribution < -0.4 is 5.32 Å². The number of aliphatic carboxylic acids is 1. The Morgan fingerprint density at radius 1 is 1.45 bits per heavy atom. The molecule has 5 nitrogen and oxygen atoms in total. The Morgan fingerprint density at radius 3 is 2.80 bits per heavy atom. The fourth-order valence-corrected chi connectivity index (χ4v) is 3.30. The number of rotatable bonds is 4. The minimum Gasteiger partial charge on any atom is -0.480 e. The Morgan fingerprint density at radius 2 is 2.15 bits per heavy atom. The first-order valence-electron chi connectivity index (χ1n) is 6.49. The third-order valence-electron chi connectivity index (χ3n) is 3.18. The monoisotopic (exact) mass is 294 g/mol. The molecule has 1 heterocycles. The third kappa shape index (κ3) is 3.66. The maximum absolute atomic E-state index is 12.1. The van der Waals surface area contributed by atoms with Crippen LogP contribution >= 0.6 is 11.8 Å². The van der Waals surface area contributed by atoms with Gasteiger partial charge >= 0.3 is 12.0 Å². The summed E-state index contributed by atoms with van der Waals surface area (Å²) in [6, 6.07) is 8.83. The Balaban J connectivity index is 1.89. The summed E-state index contributed by atoms with van der Waals surface area (Å²) in [5.41, 5.74) is 1.14. The van der Waals surface area contributed by atoms with Crippen molar-refractivity contribution in [1.82, 2.24) is 10.2 Å². The van der Waals surface area contributed by atoms with Crippen molar-refractivity contribution < 1.29 is 14.7 Å². The molecule has 2 unspecified atom stereocenters. The summed E-state index contributed by atoms with van der Waals surface area (Å²) in [6.07, 6.45) is 0.727. The Bertz CT molecular complexity index is 481. The highest BCUT2D eigenvalue weighted by Gasteiger charge is 2.34. The van der Waals surface area contributed by atoms with Crippen LogP contribution in [0.2, 0.25) is 0 Å². The van der Waals surface area contributed by atoms with E-state index in [1.165, 1.54) is 16.7 Å². The molecule has 0 radical (unpaired) electrons. The van der Waals surface area contributed by atoms with Crippen molar-refractivity contribution in [3.8, 4) is 0 Å². The van der Waals surface area contributed by atoms with E-state index in [9.17, 15) is 9.59 Å². The average Bonchev–Trinajstić information content (AvgIpc) is 2.89. The summed E-state index contributed by atoms with van der Waals surface area (Å²) < 4.78 is 0. The largest absolute Gasteiger partial charge is 0.480 e. The minimum absolute atomic E-state index is 0.0371. The van der Waals surface area contributed by atoms with Gasteiger partial charge in [-0.3, -0.25) is 0 Å². The number of thioether (sulfide) groups is 1. The Labute approximate surface area is 122 Å². The second kappa shape index (κ2) is 6.65. The molecule has 2 amide bonds. The van der Waals surface area contributed by atoms with Crippen molar-refractivity contribution in [2.24, 2.45) is 0 Å². The Kier molecular flexibility index (Phi) is 4.89. The van der Waals surface area contributed by atoms with Crippen molar-refractivity contribution in [1.29, 1.82) is 0 Å². The highest BCUT2D eigenvalue weighted by atomic mass is 32.2. The first-order valence-corrected chi connectivity index (χ1v) is 7.65. The van der Waals surface area contributed by atoms with Crippen LogP contribution in [-0.4, -0.2) is 45.7 Å². The van der Waals surface area contributed by atoms with Crippen molar-refractivity contribution in [3.63, 3.8) is 0 Å². The number of hydrogen-bond donors (Lipinski definition) is 2. The van der Waals surface area contributed by atoms with Crippen LogP contribution in [0.3, 0.4) is 0 Å². The van der Waals surface area contributed by atoms with Crippen molar-refractivity contribution in [3.05, 3.63) is 35.9 Å². The van der Waals surface area contributed by atoms with Gasteiger partial charge < -0.3 is 15.3 Å². The number of carbonyl (C=O) groups excluding carboxylic acids is 1. The molecular weight excluding hydrogens is 276 g/mol. The first-order chi connectivity index (χ1) is 9.58. The predicted octanol–water partition coefficient (Wildman–Crippen LogP) is 1.79. The van der Waals surface area contributed by atoms with Crippen molar-refractivity contribution >= 4 is 23.8 Å². The van der Waals surface area contributed by atoms with Gasteiger partial charge in [0.25, 0.3) is 0 Å². The lowest BCUT2D eigenvalue weighted by Crippen LogP contribution is -2.49. The smallest absolute Gasteiger partial charge is 0.327 e. The van der Waals surface area contributed by atoms with Crippen LogP contribution in [0.4, 0.5) is 4.79 Å². The van der Waals surface area contributed by atoms with Crippen LogP contribution in [-0.2, 0) is 11.2 Å². The lowest BCUT2D eigenvalue weighted by molar-refractivity contribution is -0.140. The lowest BCUT2D eigenvalue weighted by Gasteiger charge is -2.23. The normalized spacial score (nSPS) is 19.6. The number of urea groups is 1. The maximum Gasteiger partial charge on any atom is 0.327 e. The molecule has 0 aromatic heterocycles. The zero-order valence-electron chi connectivity index (χ0n) is 11.3. The van der Waals surface area contributed by atoms with E-state index in [0.29, 0.717) is 11.6 Å². The SMILES string of the molecule is CC(Cc1ccccc1)NC(=O)N1CSCC1C(=O)O. The molecule has 0 saturated carbocycles. The van der Waals surface area contributed by atoms with Gasteiger partial charge in [0.2, 0.25) is 0 Å². The summed E-state index contributed by atoms with van der Waals surface area (Å²) in [7, 11) is 0. The van der Waals surface area contributed by atoms with Gasteiger partial charge in [-0.15, -0.1) is 11.8 Å². The standard InChI is InChI=1S/C14H18N2O3S/c1-10(7-11-5-3-2-4-6-11)15-14(19)16-9-20-8-12(16)13(17)18/h2-6,10,12H,7-9H2,1H3,(H,15,19)(H,17,18). The molecule has 6 heteroatoms. The topological polar surface area (TPSA) is 69.6 Å². The van der Waals surface area contributed by atoms with Gasteiger partial charge in [0, 0.05) is 11.8 Å². The summed E-state index contributed by atoms with van der Waals surface area (Å²) in [5, 5.41) is 11.9. The van der Waals surface area contributed by atoms with E-state index in [4.69, 9.17) is 5.11 Å². The van der Waals surface area contributed by atoms with E-state index in [0.717, 1.165) is 12.0 Å². The molecule has 1 aliphatic rings. The van der Waals surface area contributed by atoms with Crippen LogP contribution in [0.25, 0.3) is 0 Å². The second-order valence-electron chi connectivity index (χ2n) is 4.86. The average molecular weight is 294 g/mol. The molecule has 0 aliphatic carbocycles. The first kappa shape index (κ1) is 14.7.